The smallest absolute Gasteiger partial charge is 0.229 e. The van der Waals surface area contributed by atoms with Gasteiger partial charge in [-0.15, -0.1) is 0 Å². The Kier molecular flexibility index (Phi) is 3.55. The molecule has 0 unspecified atom stereocenters. The number of carbonyl (C=O) groups is 1. The number of carbonyl (C=O) groups excluding carboxylic acids is 1. The molecule has 0 aliphatic carbocycles. The second kappa shape index (κ2) is 4.35. The summed E-state index contributed by atoms with van der Waals surface area (Å²) in [5.41, 5.74) is -0.162. The van der Waals surface area contributed by atoms with E-state index in [1.807, 2.05) is 22.6 Å². The van der Waals surface area contributed by atoms with E-state index in [2.05, 4.69) is 4.72 Å². The highest BCUT2D eigenvalue weighted by atomic mass is 127. The zero-order valence-corrected chi connectivity index (χ0v) is 10.6. The molecule has 0 aromatic heterocycles. The highest BCUT2D eigenvalue weighted by molar-refractivity contribution is 14.1. The van der Waals surface area contributed by atoms with E-state index in [0.29, 0.717) is 0 Å². The van der Waals surface area contributed by atoms with E-state index in [9.17, 15) is 18.3 Å². The molecule has 1 aromatic rings. The van der Waals surface area contributed by atoms with Gasteiger partial charge >= 0.3 is 0 Å². The molecule has 0 aliphatic heterocycles. The van der Waals surface area contributed by atoms with Crippen LogP contribution in [0.1, 0.15) is 10.4 Å². The van der Waals surface area contributed by atoms with Crippen LogP contribution in [-0.2, 0) is 10.0 Å². The molecule has 7 heteroatoms. The predicted molar refractivity (Wildman–Crippen MR) is 62.0 cm³/mol. The summed E-state index contributed by atoms with van der Waals surface area (Å²) in [5.74, 6) is -1.42. The van der Waals surface area contributed by atoms with E-state index in [0.717, 1.165) is 9.83 Å². The van der Waals surface area contributed by atoms with Crippen LogP contribution in [0.4, 0.5) is 5.69 Å². The van der Waals surface area contributed by atoms with Crippen LogP contribution in [0, 0.1) is 3.57 Å². The van der Waals surface area contributed by atoms with Crippen molar-refractivity contribution in [3.63, 3.8) is 0 Å². The van der Waals surface area contributed by atoms with Gasteiger partial charge in [0.25, 0.3) is 0 Å². The number of aromatic carboxylic acids is 1. The molecular formula is C8H7INO4S-. The Bertz CT molecular complexity index is 497. The summed E-state index contributed by atoms with van der Waals surface area (Å²) >= 11 is 1.95. The molecule has 0 saturated carbocycles. The first-order valence-corrected chi connectivity index (χ1v) is 6.75. The highest BCUT2D eigenvalue weighted by Gasteiger charge is 2.08. The van der Waals surface area contributed by atoms with Crippen LogP contribution in [0.5, 0.6) is 0 Å². The van der Waals surface area contributed by atoms with Crippen LogP contribution in [0.3, 0.4) is 0 Å². The molecule has 0 atom stereocenters. The molecule has 1 N–H and O–H groups in total. The molecule has 0 amide bonds. The quantitative estimate of drug-likeness (QED) is 0.787. The number of rotatable bonds is 3. The average molecular weight is 340 g/mol. The summed E-state index contributed by atoms with van der Waals surface area (Å²) < 4.78 is 24.8. The lowest BCUT2D eigenvalue weighted by atomic mass is 10.2. The van der Waals surface area contributed by atoms with Crippen LogP contribution in [0.2, 0.25) is 0 Å². The van der Waals surface area contributed by atoms with Gasteiger partial charge in [0.15, 0.2) is 0 Å². The van der Waals surface area contributed by atoms with Gasteiger partial charge in [0.05, 0.1) is 17.9 Å². The molecule has 1 aromatic carbocycles. The Balaban J connectivity index is 3.25. The van der Waals surface area contributed by atoms with Gasteiger partial charge in [-0.2, -0.15) is 0 Å². The highest BCUT2D eigenvalue weighted by Crippen LogP contribution is 2.19. The van der Waals surface area contributed by atoms with Crippen molar-refractivity contribution in [1.82, 2.24) is 0 Å². The van der Waals surface area contributed by atoms with E-state index >= 15 is 0 Å². The van der Waals surface area contributed by atoms with Crippen molar-refractivity contribution in [3.05, 3.63) is 27.3 Å². The Labute approximate surface area is 101 Å². The summed E-state index contributed by atoms with van der Waals surface area (Å²) in [4.78, 5) is 10.7. The number of anilines is 1. The summed E-state index contributed by atoms with van der Waals surface area (Å²) in [6.07, 6.45) is 0.950. The minimum Gasteiger partial charge on any atom is -0.545 e. The standard InChI is InChI=1S/C8H8INO4S/c1-15(13,14)10-7-4-5(9)2-3-6(7)8(11)12/h2-4,10H,1H3,(H,11,12)/p-1. The monoisotopic (exact) mass is 340 g/mol. The minimum atomic E-state index is -3.49. The maximum atomic E-state index is 11.0. The van der Waals surface area contributed by atoms with Crippen molar-refractivity contribution >= 4 is 44.3 Å². The lowest BCUT2D eigenvalue weighted by Gasteiger charge is -2.11. The van der Waals surface area contributed by atoms with Gasteiger partial charge in [0.2, 0.25) is 10.0 Å². The predicted octanol–water partition coefficient (Wildman–Crippen LogP) is 0.0262. The van der Waals surface area contributed by atoms with E-state index in [4.69, 9.17) is 0 Å². The van der Waals surface area contributed by atoms with Crippen molar-refractivity contribution in [1.29, 1.82) is 0 Å². The number of hydrogen-bond acceptors (Lipinski definition) is 4. The number of sulfonamides is 1. The maximum absolute atomic E-state index is 11.0. The Hall–Kier alpha value is -0.830. The van der Waals surface area contributed by atoms with Crippen LogP contribution in [-0.4, -0.2) is 20.6 Å². The summed E-state index contributed by atoms with van der Waals surface area (Å²) in [6.45, 7) is 0. The van der Waals surface area contributed by atoms with Crippen molar-refractivity contribution in [2.75, 3.05) is 11.0 Å². The third-order valence-corrected chi connectivity index (χ3v) is 2.76. The van der Waals surface area contributed by atoms with Crippen LogP contribution in [0.15, 0.2) is 18.2 Å². The second-order valence-corrected chi connectivity index (χ2v) is 5.85. The van der Waals surface area contributed by atoms with Gasteiger partial charge in [-0.1, -0.05) is 0 Å². The number of carboxylic acid groups (broad SMARTS) is 1. The molecule has 15 heavy (non-hydrogen) atoms. The van der Waals surface area contributed by atoms with Crippen molar-refractivity contribution in [3.8, 4) is 0 Å². The van der Waals surface area contributed by atoms with E-state index in [1.54, 1.807) is 6.07 Å². The van der Waals surface area contributed by atoms with Crippen LogP contribution in [0.25, 0.3) is 0 Å². The molecule has 1 rings (SSSR count). The third-order valence-electron chi connectivity index (χ3n) is 1.50. The van der Waals surface area contributed by atoms with E-state index < -0.39 is 16.0 Å². The number of halogens is 1. The van der Waals surface area contributed by atoms with E-state index in [-0.39, 0.29) is 11.3 Å². The molecule has 0 aliphatic rings. The van der Waals surface area contributed by atoms with Gasteiger partial charge in [-0.25, -0.2) is 8.42 Å². The van der Waals surface area contributed by atoms with Gasteiger partial charge in [0.1, 0.15) is 0 Å². The van der Waals surface area contributed by atoms with Crippen molar-refractivity contribution < 1.29 is 18.3 Å². The Morgan fingerprint density at radius 3 is 2.53 bits per heavy atom. The number of nitrogens with one attached hydrogen (secondary N) is 1. The normalized spacial score (nSPS) is 11.1. The number of carboxylic acids is 1. The first-order chi connectivity index (χ1) is 6.79. The second-order valence-electron chi connectivity index (χ2n) is 2.85. The Morgan fingerprint density at radius 1 is 1.47 bits per heavy atom. The summed E-state index contributed by atoms with van der Waals surface area (Å²) in [7, 11) is -3.49. The first-order valence-electron chi connectivity index (χ1n) is 3.78. The summed E-state index contributed by atoms with van der Waals surface area (Å²) in [5, 5.41) is 10.7. The fourth-order valence-electron chi connectivity index (χ4n) is 0.979. The fourth-order valence-corrected chi connectivity index (χ4v) is 2.04. The zero-order chi connectivity index (χ0) is 11.6. The van der Waals surface area contributed by atoms with Crippen LogP contribution < -0.4 is 9.83 Å². The van der Waals surface area contributed by atoms with Gasteiger partial charge in [-0.3, -0.25) is 4.72 Å². The number of hydrogen-bond donors (Lipinski definition) is 1. The van der Waals surface area contributed by atoms with Crippen LogP contribution >= 0.6 is 22.6 Å². The van der Waals surface area contributed by atoms with Crippen molar-refractivity contribution in [2.24, 2.45) is 0 Å². The molecule has 0 saturated heterocycles. The average Bonchev–Trinajstić information content (AvgIpc) is 1.99. The van der Waals surface area contributed by atoms with Gasteiger partial charge in [0, 0.05) is 9.13 Å². The first kappa shape index (κ1) is 12.2. The maximum Gasteiger partial charge on any atom is 0.229 e. The van der Waals surface area contributed by atoms with Gasteiger partial charge in [-0.05, 0) is 40.8 Å². The molecule has 0 bridgehead atoms. The molecule has 0 radical (unpaired) electrons. The largest absolute Gasteiger partial charge is 0.545 e. The summed E-state index contributed by atoms with van der Waals surface area (Å²) in [6, 6.07) is 4.27. The van der Waals surface area contributed by atoms with Crippen molar-refractivity contribution in [2.45, 2.75) is 0 Å². The third kappa shape index (κ3) is 3.67. The zero-order valence-electron chi connectivity index (χ0n) is 7.65. The molecule has 0 heterocycles. The van der Waals surface area contributed by atoms with Gasteiger partial charge < -0.3 is 9.90 Å². The minimum absolute atomic E-state index is 0.0180. The molecular weight excluding hydrogens is 333 g/mol. The SMILES string of the molecule is CS(=O)(=O)Nc1cc(I)ccc1C(=O)[O-]. The number of benzene rings is 1. The lowest BCUT2D eigenvalue weighted by molar-refractivity contribution is -0.254. The Morgan fingerprint density at radius 2 is 2.07 bits per heavy atom. The topological polar surface area (TPSA) is 86.3 Å². The molecule has 0 fully saturated rings. The lowest BCUT2D eigenvalue weighted by Crippen LogP contribution is -2.24. The molecule has 82 valence electrons. The molecule has 5 nitrogen and oxygen atoms in total. The molecule has 0 spiro atoms. The van der Waals surface area contributed by atoms with E-state index in [1.165, 1.54) is 12.1 Å². The fraction of sp³-hybridized carbons (Fsp3) is 0.125.